The SMILES string of the molecule is CCCC1CCC(N)CC1C(C)C. The lowest BCUT2D eigenvalue weighted by Gasteiger charge is -2.37. The first kappa shape index (κ1) is 11.0. The van der Waals surface area contributed by atoms with Crippen LogP contribution in [-0.2, 0) is 0 Å². The monoisotopic (exact) mass is 183 g/mol. The van der Waals surface area contributed by atoms with Gasteiger partial charge in [0.05, 0.1) is 0 Å². The van der Waals surface area contributed by atoms with Crippen molar-refractivity contribution >= 4 is 0 Å². The van der Waals surface area contributed by atoms with Crippen molar-refractivity contribution in [3.05, 3.63) is 0 Å². The second-order valence-electron chi connectivity index (χ2n) is 5.03. The fourth-order valence-corrected chi connectivity index (χ4v) is 2.85. The van der Waals surface area contributed by atoms with Gasteiger partial charge in [-0.15, -0.1) is 0 Å². The van der Waals surface area contributed by atoms with Gasteiger partial charge in [0.25, 0.3) is 0 Å². The third-order valence-electron chi connectivity index (χ3n) is 3.60. The first-order valence-electron chi connectivity index (χ1n) is 5.90. The molecule has 0 radical (unpaired) electrons. The Morgan fingerprint density at radius 3 is 2.54 bits per heavy atom. The standard InChI is InChI=1S/C12H25N/c1-4-5-10-6-7-11(13)8-12(10)9(2)3/h9-12H,4-8,13H2,1-3H3. The molecule has 1 saturated carbocycles. The lowest BCUT2D eigenvalue weighted by Crippen LogP contribution is -2.35. The van der Waals surface area contributed by atoms with Crippen LogP contribution in [0.4, 0.5) is 0 Å². The molecule has 1 rings (SSSR count). The molecule has 0 aromatic heterocycles. The minimum absolute atomic E-state index is 0.487. The predicted octanol–water partition coefficient (Wildman–Crippen LogP) is 3.19. The Bertz CT molecular complexity index is 142. The fraction of sp³-hybridized carbons (Fsp3) is 1.00. The third-order valence-corrected chi connectivity index (χ3v) is 3.60. The van der Waals surface area contributed by atoms with Crippen molar-refractivity contribution in [2.75, 3.05) is 0 Å². The van der Waals surface area contributed by atoms with Crippen LogP contribution in [0.3, 0.4) is 0 Å². The molecule has 0 saturated heterocycles. The lowest BCUT2D eigenvalue weighted by atomic mass is 9.70. The van der Waals surface area contributed by atoms with Crippen molar-refractivity contribution in [1.82, 2.24) is 0 Å². The summed E-state index contributed by atoms with van der Waals surface area (Å²) in [4.78, 5) is 0. The summed E-state index contributed by atoms with van der Waals surface area (Å²) < 4.78 is 0. The molecule has 0 spiro atoms. The van der Waals surface area contributed by atoms with E-state index in [1.54, 1.807) is 0 Å². The maximum Gasteiger partial charge on any atom is 0.00417 e. The molecule has 0 aromatic carbocycles. The van der Waals surface area contributed by atoms with Gasteiger partial charge < -0.3 is 5.73 Å². The normalized spacial score (nSPS) is 35.3. The second-order valence-corrected chi connectivity index (χ2v) is 5.03. The number of nitrogens with two attached hydrogens (primary N) is 1. The van der Waals surface area contributed by atoms with Crippen molar-refractivity contribution in [2.45, 2.75) is 58.9 Å². The molecule has 78 valence electrons. The summed E-state index contributed by atoms with van der Waals surface area (Å²) in [5, 5.41) is 0. The van der Waals surface area contributed by atoms with E-state index in [1.807, 2.05) is 0 Å². The summed E-state index contributed by atoms with van der Waals surface area (Å²) in [5.74, 6) is 2.68. The van der Waals surface area contributed by atoms with E-state index in [4.69, 9.17) is 5.73 Å². The van der Waals surface area contributed by atoms with Crippen LogP contribution in [0.25, 0.3) is 0 Å². The van der Waals surface area contributed by atoms with E-state index in [2.05, 4.69) is 20.8 Å². The quantitative estimate of drug-likeness (QED) is 0.714. The molecule has 1 aliphatic carbocycles. The van der Waals surface area contributed by atoms with Gasteiger partial charge in [-0.2, -0.15) is 0 Å². The Balaban J connectivity index is 2.50. The van der Waals surface area contributed by atoms with Gasteiger partial charge in [0.15, 0.2) is 0 Å². The molecule has 0 aromatic rings. The molecule has 1 nitrogen and oxygen atoms in total. The molecule has 0 amide bonds. The van der Waals surface area contributed by atoms with Gasteiger partial charge in [0, 0.05) is 6.04 Å². The molecule has 0 bridgehead atoms. The summed E-state index contributed by atoms with van der Waals surface area (Å²) in [6.07, 6.45) is 6.65. The average Bonchev–Trinajstić information content (AvgIpc) is 2.08. The van der Waals surface area contributed by atoms with Crippen LogP contribution < -0.4 is 5.73 Å². The van der Waals surface area contributed by atoms with Crippen LogP contribution in [0.1, 0.15) is 52.9 Å². The fourth-order valence-electron chi connectivity index (χ4n) is 2.85. The molecule has 0 heterocycles. The highest BCUT2D eigenvalue weighted by Crippen LogP contribution is 2.37. The molecule has 2 N–H and O–H groups in total. The Morgan fingerprint density at radius 2 is 2.00 bits per heavy atom. The first-order chi connectivity index (χ1) is 6.15. The van der Waals surface area contributed by atoms with Crippen molar-refractivity contribution in [3.8, 4) is 0 Å². The minimum atomic E-state index is 0.487. The number of hydrogen-bond acceptors (Lipinski definition) is 1. The van der Waals surface area contributed by atoms with Gasteiger partial charge >= 0.3 is 0 Å². The zero-order valence-electron chi connectivity index (χ0n) is 9.42. The van der Waals surface area contributed by atoms with E-state index >= 15 is 0 Å². The van der Waals surface area contributed by atoms with Crippen LogP contribution in [-0.4, -0.2) is 6.04 Å². The van der Waals surface area contributed by atoms with Gasteiger partial charge in [0.1, 0.15) is 0 Å². The van der Waals surface area contributed by atoms with E-state index in [1.165, 1.54) is 32.1 Å². The van der Waals surface area contributed by atoms with Crippen LogP contribution in [0, 0.1) is 17.8 Å². The molecule has 1 heteroatoms. The van der Waals surface area contributed by atoms with Gasteiger partial charge in [-0.1, -0.05) is 33.6 Å². The summed E-state index contributed by atoms with van der Waals surface area (Å²) in [5.41, 5.74) is 6.02. The van der Waals surface area contributed by atoms with E-state index in [-0.39, 0.29) is 0 Å². The van der Waals surface area contributed by atoms with Gasteiger partial charge in [-0.3, -0.25) is 0 Å². The summed E-state index contributed by atoms with van der Waals surface area (Å²) in [7, 11) is 0. The van der Waals surface area contributed by atoms with E-state index < -0.39 is 0 Å². The molecule has 1 fully saturated rings. The average molecular weight is 183 g/mol. The molecule has 0 aliphatic heterocycles. The molecule has 13 heavy (non-hydrogen) atoms. The Hall–Kier alpha value is -0.0400. The van der Waals surface area contributed by atoms with Crippen molar-refractivity contribution in [2.24, 2.45) is 23.5 Å². The number of rotatable bonds is 3. The van der Waals surface area contributed by atoms with Crippen LogP contribution in [0.15, 0.2) is 0 Å². The van der Waals surface area contributed by atoms with E-state index in [9.17, 15) is 0 Å². The second kappa shape index (κ2) is 4.99. The van der Waals surface area contributed by atoms with Gasteiger partial charge in [0.2, 0.25) is 0 Å². The van der Waals surface area contributed by atoms with Crippen LogP contribution >= 0.6 is 0 Å². The van der Waals surface area contributed by atoms with Crippen molar-refractivity contribution in [3.63, 3.8) is 0 Å². The summed E-state index contributed by atoms with van der Waals surface area (Å²) >= 11 is 0. The minimum Gasteiger partial charge on any atom is -0.328 e. The maximum absolute atomic E-state index is 6.02. The smallest absolute Gasteiger partial charge is 0.00417 e. The largest absolute Gasteiger partial charge is 0.328 e. The Labute approximate surface area is 83.1 Å². The highest BCUT2D eigenvalue weighted by atomic mass is 14.6. The molecular formula is C12H25N. The van der Waals surface area contributed by atoms with E-state index in [0.29, 0.717) is 6.04 Å². The van der Waals surface area contributed by atoms with Crippen LogP contribution in [0.2, 0.25) is 0 Å². The molecule has 3 unspecified atom stereocenters. The van der Waals surface area contributed by atoms with Crippen LogP contribution in [0.5, 0.6) is 0 Å². The Morgan fingerprint density at radius 1 is 1.31 bits per heavy atom. The highest BCUT2D eigenvalue weighted by Gasteiger charge is 2.29. The Kier molecular flexibility index (Phi) is 4.24. The zero-order valence-corrected chi connectivity index (χ0v) is 9.42. The predicted molar refractivity (Wildman–Crippen MR) is 58.6 cm³/mol. The first-order valence-corrected chi connectivity index (χ1v) is 5.90. The molecular weight excluding hydrogens is 158 g/mol. The zero-order chi connectivity index (χ0) is 9.84. The van der Waals surface area contributed by atoms with Gasteiger partial charge in [-0.25, -0.2) is 0 Å². The molecule has 3 atom stereocenters. The van der Waals surface area contributed by atoms with Crippen molar-refractivity contribution in [1.29, 1.82) is 0 Å². The topological polar surface area (TPSA) is 26.0 Å². The summed E-state index contributed by atoms with van der Waals surface area (Å²) in [6.45, 7) is 7.00. The third kappa shape index (κ3) is 2.98. The molecule has 1 aliphatic rings. The summed E-state index contributed by atoms with van der Waals surface area (Å²) in [6, 6.07) is 0.487. The van der Waals surface area contributed by atoms with Gasteiger partial charge in [-0.05, 0) is 37.0 Å². The van der Waals surface area contributed by atoms with Crippen molar-refractivity contribution < 1.29 is 0 Å². The lowest BCUT2D eigenvalue weighted by molar-refractivity contribution is 0.155. The van der Waals surface area contributed by atoms with E-state index in [0.717, 1.165) is 17.8 Å². The number of hydrogen-bond donors (Lipinski definition) is 1. The highest BCUT2D eigenvalue weighted by molar-refractivity contribution is 4.83. The maximum atomic E-state index is 6.02.